The van der Waals surface area contributed by atoms with Gasteiger partial charge in [0.15, 0.2) is 0 Å². The second-order valence-corrected chi connectivity index (χ2v) is 8.80. The van der Waals surface area contributed by atoms with Crippen LogP contribution in [0.2, 0.25) is 0 Å². The van der Waals surface area contributed by atoms with Crippen molar-refractivity contribution in [2.45, 2.75) is 38.6 Å². The molecule has 1 atom stereocenters. The third-order valence-corrected chi connectivity index (χ3v) is 6.24. The van der Waals surface area contributed by atoms with E-state index in [1.807, 2.05) is 87.4 Å². The van der Waals surface area contributed by atoms with Gasteiger partial charge in [-0.3, -0.25) is 19.3 Å². The van der Waals surface area contributed by atoms with E-state index in [-0.39, 0.29) is 30.6 Å². The Morgan fingerprint density at radius 1 is 1.03 bits per heavy atom. The first kappa shape index (κ1) is 23.7. The normalized spacial score (nSPS) is 18.5. The molecular formula is C26H33N3O3. The third-order valence-electron chi connectivity index (χ3n) is 6.24. The summed E-state index contributed by atoms with van der Waals surface area (Å²) in [5, 5.41) is 0. The zero-order chi connectivity index (χ0) is 23.3. The van der Waals surface area contributed by atoms with Gasteiger partial charge in [-0.15, -0.1) is 0 Å². The molecular weight excluding hydrogens is 402 g/mol. The van der Waals surface area contributed by atoms with Crippen LogP contribution in [0.5, 0.6) is 0 Å². The molecule has 3 rings (SSSR count). The van der Waals surface area contributed by atoms with Crippen molar-refractivity contribution in [3.8, 4) is 0 Å². The molecule has 6 nitrogen and oxygen atoms in total. The molecule has 0 N–H and O–H groups in total. The molecule has 3 amide bonds. The Balaban J connectivity index is 1.94. The first-order valence-electron chi connectivity index (χ1n) is 11.2. The summed E-state index contributed by atoms with van der Waals surface area (Å²) in [6.45, 7) is 5.80. The molecule has 0 radical (unpaired) electrons. The van der Waals surface area contributed by atoms with E-state index in [0.29, 0.717) is 26.2 Å². The van der Waals surface area contributed by atoms with E-state index in [1.165, 1.54) is 4.90 Å². The standard InChI is InChI=1S/C26H33N3O3/c1-5-28(19-21-12-7-6-8-13-21)23(30)17-26(22-14-10-9-11-20(22)2)18-24(31)29(25(26)32)16-15-27(3)4/h6-14H,5,15-19H2,1-4H3. The van der Waals surface area contributed by atoms with Crippen LogP contribution < -0.4 is 0 Å². The fraction of sp³-hybridized carbons (Fsp3) is 0.423. The molecule has 0 saturated carbocycles. The lowest BCUT2D eigenvalue weighted by atomic mass is 9.74. The monoisotopic (exact) mass is 435 g/mol. The molecule has 1 heterocycles. The largest absolute Gasteiger partial charge is 0.339 e. The van der Waals surface area contributed by atoms with Crippen LogP contribution in [0.25, 0.3) is 0 Å². The Morgan fingerprint density at radius 3 is 2.31 bits per heavy atom. The number of carbonyl (C=O) groups is 3. The van der Waals surface area contributed by atoms with Gasteiger partial charge in [0.2, 0.25) is 17.7 Å². The number of rotatable bonds is 9. The van der Waals surface area contributed by atoms with Crippen molar-refractivity contribution in [3.05, 3.63) is 71.3 Å². The number of hydrogen-bond acceptors (Lipinski definition) is 4. The number of hydrogen-bond donors (Lipinski definition) is 0. The van der Waals surface area contributed by atoms with E-state index < -0.39 is 5.41 Å². The molecule has 1 aliphatic heterocycles. The highest BCUT2D eigenvalue weighted by atomic mass is 16.2. The molecule has 1 unspecified atom stereocenters. The van der Waals surface area contributed by atoms with Crippen LogP contribution in [0.3, 0.4) is 0 Å². The Kier molecular flexibility index (Phi) is 7.46. The lowest BCUT2D eigenvalue weighted by Crippen LogP contribution is -2.45. The SMILES string of the molecule is CCN(Cc1ccccc1)C(=O)CC1(c2ccccc2C)CC(=O)N(CCN(C)C)C1=O. The summed E-state index contributed by atoms with van der Waals surface area (Å²) in [5.41, 5.74) is 1.57. The number of benzene rings is 2. The highest BCUT2D eigenvalue weighted by molar-refractivity contribution is 6.11. The fourth-order valence-electron chi connectivity index (χ4n) is 4.43. The minimum absolute atomic E-state index is 0.0123. The molecule has 2 aromatic carbocycles. The number of likely N-dealkylation sites (N-methyl/N-ethyl adjacent to an activating group) is 1. The summed E-state index contributed by atoms with van der Waals surface area (Å²) < 4.78 is 0. The molecule has 0 spiro atoms. The zero-order valence-electron chi connectivity index (χ0n) is 19.5. The second-order valence-electron chi connectivity index (χ2n) is 8.80. The summed E-state index contributed by atoms with van der Waals surface area (Å²) in [7, 11) is 3.82. The van der Waals surface area contributed by atoms with Crippen molar-refractivity contribution in [2.24, 2.45) is 0 Å². The molecule has 2 aromatic rings. The van der Waals surface area contributed by atoms with Crippen LogP contribution in [0, 0.1) is 6.92 Å². The first-order chi connectivity index (χ1) is 15.3. The van der Waals surface area contributed by atoms with Crippen molar-refractivity contribution < 1.29 is 14.4 Å². The van der Waals surface area contributed by atoms with Gasteiger partial charge < -0.3 is 9.80 Å². The van der Waals surface area contributed by atoms with Crippen LogP contribution in [0.4, 0.5) is 0 Å². The molecule has 0 aliphatic carbocycles. The van der Waals surface area contributed by atoms with Gasteiger partial charge in [-0.05, 0) is 44.6 Å². The molecule has 0 bridgehead atoms. The van der Waals surface area contributed by atoms with E-state index in [9.17, 15) is 14.4 Å². The van der Waals surface area contributed by atoms with Crippen molar-refractivity contribution in [1.82, 2.24) is 14.7 Å². The topological polar surface area (TPSA) is 60.9 Å². The quantitative estimate of drug-likeness (QED) is 0.568. The van der Waals surface area contributed by atoms with Crippen molar-refractivity contribution in [1.29, 1.82) is 0 Å². The van der Waals surface area contributed by atoms with Gasteiger partial charge in [-0.1, -0.05) is 54.6 Å². The van der Waals surface area contributed by atoms with Crippen molar-refractivity contribution in [3.63, 3.8) is 0 Å². The highest BCUT2D eigenvalue weighted by Crippen LogP contribution is 2.41. The highest BCUT2D eigenvalue weighted by Gasteiger charge is 2.54. The van der Waals surface area contributed by atoms with Gasteiger partial charge in [0.1, 0.15) is 0 Å². The minimum atomic E-state index is -1.16. The number of amides is 3. The maximum atomic E-state index is 13.7. The summed E-state index contributed by atoms with van der Waals surface area (Å²) in [5.74, 6) is -0.586. The molecule has 6 heteroatoms. The van der Waals surface area contributed by atoms with Crippen LogP contribution in [-0.4, -0.2) is 66.2 Å². The van der Waals surface area contributed by atoms with Gasteiger partial charge in [0, 0.05) is 39.0 Å². The predicted octanol–water partition coefficient (Wildman–Crippen LogP) is 2.99. The maximum absolute atomic E-state index is 13.7. The van der Waals surface area contributed by atoms with Crippen LogP contribution >= 0.6 is 0 Å². The molecule has 1 saturated heterocycles. The van der Waals surface area contributed by atoms with Crippen LogP contribution in [-0.2, 0) is 26.3 Å². The number of carbonyl (C=O) groups excluding carboxylic acids is 3. The molecule has 1 aliphatic rings. The Bertz CT molecular complexity index is 973. The predicted molar refractivity (Wildman–Crippen MR) is 125 cm³/mol. The third kappa shape index (κ3) is 4.91. The average molecular weight is 436 g/mol. The van der Waals surface area contributed by atoms with Crippen molar-refractivity contribution in [2.75, 3.05) is 33.7 Å². The number of imide groups is 1. The summed E-state index contributed by atoms with van der Waals surface area (Å²) in [6, 6.07) is 17.4. The Hall–Kier alpha value is -2.99. The average Bonchev–Trinajstić information content (AvgIpc) is 3.01. The van der Waals surface area contributed by atoms with Gasteiger partial charge in [0.25, 0.3) is 0 Å². The van der Waals surface area contributed by atoms with Gasteiger partial charge >= 0.3 is 0 Å². The number of aryl methyl sites for hydroxylation is 1. The van der Waals surface area contributed by atoms with E-state index in [4.69, 9.17) is 0 Å². The molecule has 170 valence electrons. The molecule has 1 fully saturated rings. The van der Waals surface area contributed by atoms with E-state index in [2.05, 4.69) is 0 Å². The van der Waals surface area contributed by atoms with Crippen LogP contribution in [0.1, 0.15) is 36.5 Å². The lowest BCUT2D eigenvalue weighted by molar-refractivity contribution is -0.143. The van der Waals surface area contributed by atoms with E-state index in [0.717, 1.165) is 16.7 Å². The lowest BCUT2D eigenvalue weighted by Gasteiger charge is -2.31. The summed E-state index contributed by atoms with van der Waals surface area (Å²) in [4.78, 5) is 45.2. The zero-order valence-corrected chi connectivity index (χ0v) is 19.5. The maximum Gasteiger partial charge on any atom is 0.240 e. The van der Waals surface area contributed by atoms with E-state index >= 15 is 0 Å². The molecule has 0 aromatic heterocycles. The first-order valence-corrected chi connectivity index (χ1v) is 11.2. The second kappa shape index (κ2) is 10.1. The minimum Gasteiger partial charge on any atom is -0.339 e. The van der Waals surface area contributed by atoms with Gasteiger partial charge in [0.05, 0.1) is 5.41 Å². The summed E-state index contributed by atoms with van der Waals surface area (Å²) >= 11 is 0. The van der Waals surface area contributed by atoms with Crippen molar-refractivity contribution >= 4 is 17.7 Å². The number of likely N-dealkylation sites (tertiary alicyclic amines) is 1. The van der Waals surface area contributed by atoms with Gasteiger partial charge in [-0.25, -0.2) is 0 Å². The number of nitrogens with zero attached hydrogens (tertiary/aromatic N) is 3. The fourth-order valence-corrected chi connectivity index (χ4v) is 4.43. The smallest absolute Gasteiger partial charge is 0.240 e. The van der Waals surface area contributed by atoms with Crippen LogP contribution in [0.15, 0.2) is 54.6 Å². The molecule has 32 heavy (non-hydrogen) atoms. The van der Waals surface area contributed by atoms with E-state index in [1.54, 1.807) is 4.90 Å². The Labute approximate surface area is 190 Å². The van der Waals surface area contributed by atoms with Gasteiger partial charge in [-0.2, -0.15) is 0 Å². The summed E-state index contributed by atoms with van der Waals surface area (Å²) in [6.07, 6.45) is 0.0142. The Morgan fingerprint density at radius 2 is 1.69 bits per heavy atom.